The molecule has 1 atom stereocenters. The fraction of sp³-hybridized carbons (Fsp3) is 0.333. The third-order valence-corrected chi connectivity index (χ3v) is 3.21. The zero-order valence-electron chi connectivity index (χ0n) is 11.7. The van der Waals surface area contributed by atoms with Gasteiger partial charge in [0, 0.05) is 23.7 Å². The summed E-state index contributed by atoms with van der Waals surface area (Å²) in [7, 11) is 0. The van der Waals surface area contributed by atoms with Gasteiger partial charge >= 0.3 is 0 Å². The minimum Gasteiger partial charge on any atom is -0.370 e. The van der Waals surface area contributed by atoms with Crippen LogP contribution in [0.2, 0.25) is 5.02 Å². The van der Waals surface area contributed by atoms with Gasteiger partial charge in [-0.25, -0.2) is 9.97 Å². The molecule has 2 aromatic rings. The Balaban J connectivity index is 2.03. The summed E-state index contributed by atoms with van der Waals surface area (Å²) in [4.78, 5) is 8.43. The highest BCUT2D eigenvalue weighted by Crippen LogP contribution is 2.20. The van der Waals surface area contributed by atoms with Crippen molar-refractivity contribution < 1.29 is 0 Å². The minimum absolute atomic E-state index is 0.154. The predicted octanol–water partition coefficient (Wildman–Crippen LogP) is 4.13. The fourth-order valence-corrected chi connectivity index (χ4v) is 1.97. The van der Waals surface area contributed by atoms with Crippen molar-refractivity contribution in [3.63, 3.8) is 0 Å². The molecule has 0 saturated heterocycles. The number of halogens is 1. The van der Waals surface area contributed by atoms with Crippen molar-refractivity contribution in [2.45, 2.75) is 26.3 Å². The molecule has 2 rings (SSSR count). The Bertz CT molecular complexity index is 542. The molecule has 5 heteroatoms. The summed E-state index contributed by atoms with van der Waals surface area (Å²) in [5.74, 6) is 1.65. The van der Waals surface area contributed by atoms with Gasteiger partial charge in [0.05, 0.1) is 0 Å². The van der Waals surface area contributed by atoms with Crippen molar-refractivity contribution in [1.29, 1.82) is 0 Å². The van der Waals surface area contributed by atoms with Crippen LogP contribution in [0.5, 0.6) is 0 Å². The number of hydrogen-bond acceptors (Lipinski definition) is 4. The second-order valence-electron chi connectivity index (χ2n) is 4.63. The highest BCUT2D eigenvalue weighted by molar-refractivity contribution is 6.30. The summed E-state index contributed by atoms with van der Waals surface area (Å²) >= 11 is 5.90. The molecule has 1 aromatic carbocycles. The van der Waals surface area contributed by atoms with Crippen molar-refractivity contribution in [3.05, 3.63) is 47.2 Å². The number of benzene rings is 1. The van der Waals surface area contributed by atoms with Gasteiger partial charge in [0.1, 0.15) is 18.0 Å². The Morgan fingerprint density at radius 1 is 1.15 bits per heavy atom. The molecule has 0 aliphatic rings. The smallest absolute Gasteiger partial charge is 0.131 e. The molecule has 0 radical (unpaired) electrons. The molecule has 1 aromatic heterocycles. The van der Waals surface area contributed by atoms with Crippen LogP contribution in [0.4, 0.5) is 11.6 Å². The number of rotatable bonds is 6. The molecule has 106 valence electrons. The van der Waals surface area contributed by atoms with Crippen LogP contribution in [-0.2, 0) is 0 Å². The molecule has 0 amide bonds. The Morgan fingerprint density at radius 3 is 2.55 bits per heavy atom. The van der Waals surface area contributed by atoms with E-state index in [1.54, 1.807) is 6.33 Å². The molecule has 4 nitrogen and oxygen atoms in total. The summed E-state index contributed by atoms with van der Waals surface area (Å²) in [5, 5.41) is 7.35. The van der Waals surface area contributed by atoms with Gasteiger partial charge in [0.2, 0.25) is 0 Å². The lowest BCUT2D eigenvalue weighted by atomic mass is 10.1. The van der Waals surface area contributed by atoms with Crippen molar-refractivity contribution >= 4 is 23.2 Å². The van der Waals surface area contributed by atoms with E-state index < -0.39 is 0 Å². The second-order valence-corrected chi connectivity index (χ2v) is 5.07. The lowest BCUT2D eigenvalue weighted by molar-refractivity contribution is 0.871. The highest BCUT2D eigenvalue weighted by atomic mass is 35.5. The molecular weight excluding hydrogens is 272 g/mol. The van der Waals surface area contributed by atoms with E-state index in [0.717, 1.165) is 35.2 Å². The molecule has 20 heavy (non-hydrogen) atoms. The first-order chi connectivity index (χ1) is 9.69. The maximum atomic E-state index is 5.90. The standard InChI is InChI=1S/C15H19ClN4/c1-3-8-17-14-9-15(19-10-18-14)20-11(2)12-4-6-13(16)7-5-12/h4-7,9-11H,3,8H2,1-2H3,(H2,17,18,19,20). The third-order valence-electron chi connectivity index (χ3n) is 2.96. The molecule has 1 heterocycles. The van der Waals surface area contributed by atoms with E-state index in [4.69, 9.17) is 11.6 Å². The van der Waals surface area contributed by atoms with Gasteiger partial charge in [0.15, 0.2) is 0 Å². The number of nitrogens with one attached hydrogen (secondary N) is 2. The van der Waals surface area contributed by atoms with Gasteiger partial charge in [-0.05, 0) is 31.0 Å². The number of hydrogen-bond donors (Lipinski definition) is 2. The SMILES string of the molecule is CCCNc1cc(NC(C)c2ccc(Cl)cc2)ncn1. The third kappa shape index (κ3) is 4.10. The lowest BCUT2D eigenvalue weighted by Gasteiger charge is -2.15. The average molecular weight is 291 g/mol. The molecule has 0 aliphatic carbocycles. The minimum atomic E-state index is 0.154. The van der Waals surface area contributed by atoms with E-state index in [0.29, 0.717) is 0 Å². The van der Waals surface area contributed by atoms with Crippen molar-refractivity contribution in [2.24, 2.45) is 0 Å². The van der Waals surface area contributed by atoms with Crippen LogP contribution < -0.4 is 10.6 Å². The number of aromatic nitrogens is 2. The van der Waals surface area contributed by atoms with Crippen LogP contribution in [-0.4, -0.2) is 16.5 Å². The number of anilines is 2. The van der Waals surface area contributed by atoms with E-state index in [2.05, 4.69) is 34.4 Å². The van der Waals surface area contributed by atoms with Gasteiger partial charge in [-0.1, -0.05) is 30.7 Å². The average Bonchev–Trinajstić information content (AvgIpc) is 2.46. The molecule has 0 bridgehead atoms. The topological polar surface area (TPSA) is 49.8 Å². The first-order valence-corrected chi connectivity index (χ1v) is 7.14. The van der Waals surface area contributed by atoms with Crippen molar-refractivity contribution in [1.82, 2.24) is 9.97 Å². The lowest BCUT2D eigenvalue weighted by Crippen LogP contribution is -2.09. The van der Waals surface area contributed by atoms with Gasteiger partial charge in [0.25, 0.3) is 0 Å². The first-order valence-electron chi connectivity index (χ1n) is 6.77. The zero-order valence-corrected chi connectivity index (χ0v) is 12.5. The maximum Gasteiger partial charge on any atom is 0.131 e. The maximum absolute atomic E-state index is 5.90. The van der Waals surface area contributed by atoms with Crippen LogP contribution in [0.15, 0.2) is 36.7 Å². The summed E-state index contributed by atoms with van der Waals surface area (Å²) in [6, 6.07) is 9.88. The molecule has 0 spiro atoms. The van der Waals surface area contributed by atoms with Crippen LogP contribution in [0.3, 0.4) is 0 Å². The van der Waals surface area contributed by atoms with Crippen LogP contribution >= 0.6 is 11.6 Å². The Hall–Kier alpha value is -1.81. The molecule has 0 fully saturated rings. The van der Waals surface area contributed by atoms with E-state index in [1.807, 2.05) is 30.3 Å². The highest BCUT2D eigenvalue weighted by Gasteiger charge is 2.06. The van der Waals surface area contributed by atoms with Crippen LogP contribution in [0.25, 0.3) is 0 Å². The van der Waals surface area contributed by atoms with E-state index in [9.17, 15) is 0 Å². The normalized spacial score (nSPS) is 11.9. The van der Waals surface area contributed by atoms with Crippen LogP contribution in [0, 0.1) is 0 Å². The van der Waals surface area contributed by atoms with Gasteiger partial charge in [-0.3, -0.25) is 0 Å². The van der Waals surface area contributed by atoms with Gasteiger partial charge in [-0.2, -0.15) is 0 Å². The number of nitrogens with zero attached hydrogens (tertiary/aromatic N) is 2. The quantitative estimate of drug-likeness (QED) is 0.840. The second kappa shape index (κ2) is 7.10. The van der Waals surface area contributed by atoms with E-state index >= 15 is 0 Å². The fourth-order valence-electron chi connectivity index (χ4n) is 1.84. The molecule has 1 unspecified atom stereocenters. The Morgan fingerprint density at radius 2 is 1.85 bits per heavy atom. The molecule has 0 aliphatic heterocycles. The molecule has 0 saturated carbocycles. The first kappa shape index (κ1) is 14.6. The largest absolute Gasteiger partial charge is 0.370 e. The van der Waals surface area contributed by atoms with E-state index in [1.165, 1.54) is 0 Å². The van der Waals surface area contributed by atoms with E-state index in [-0.39, 0.29) is 6.04 Å². The van der Waals surface area contributed by atoms with Crippen LogP contribution in [0.1, 0.15) is 31.9 Å². The Kier molecular flexibility index (Phi) is 5.18. The summed E-state index contributed by atoms with van der Waals surface area (Å²) < 4.78 is 0. The Labute approximate surface area is 124 Å². The van der Waals surface area contributed by atoms with Gasteiger partial charge in [-0.15, -0.1) is 0 Å². The summed E-state index contributed by atoms with van der Waals surface area (Å²) in [5.41, 5.74) is 1.16. The van der Waals surface area contributed by atoms with Crippen molar-refractivity contribution in [2.75, 3.05) is 17.2 Å². The van der Waals surface area contributed by atoms with Crippen molar-refractivity contribution in [3.8, 4) is 0 Å². The molecule has 2 N–H and O–H groups in total. The predicted molar refractivity (Wildman–Crippen MR) is 84.3 cm³/mol. The monoisotopic (exact) mass is 290 g/mol. The molecular formula is C15H19ClN4. The van der Waals surface area contributed by atoms with Gasteiger partial charge < -0.3 is 10.6 Å². The zero-order chi connectivity index (χ0) is 14.4. The summed E-state index contributed by atoms with van der Waals surface area (Å²) in [6.07, 6.45) is 2.63. The summed E-state index contributed by atoms with van der Waals surface area (Å²) in [6.45, 7) is 5.11.